The molecule has 1 amide bonds. The summed E-state index contributed by atoms with van der Waals surface area (Å²) >= 11 is 5.97. The Bertz CT molecular complexity index is 629. The summed E-state index contributed by atoms with van der Waals surface area (Å²) in [5, 5.41) is 0.765. The van der Waals surface area contributed by atoms with Crippen molar-refractivity contribution in [2.45, 2.75) is 45.1 Å². The Morgan fingerprint density at radius 1 is 1.24 bits per heavy atom. The molecule has 1 aromatic carbocycles. The lowest BCUT2D eigenvalue weighted by atomic mass is 9.82. The number of piperidine rings is 1. The van der Waals surface area contributed by atoms with Gasteiger partial charge >= 0.3 is 0 Å². The highest BCUT2D eigenvalue weighted by atomic mass is 35.5. The van der Waals surface area contributed by atoms with Crippen LogP contribution in [0, 0.1) is 17.8 Å². The highest BCUT2D eigenvalue weighted by molar-refractivity contribution is 6.30. The maximum Gasteiger partial charge on any atom is 0.226 e. The van der Waals surface area contributed by atoms with E-state index in [1.54, 1.807) is 0 Å². The van der Waals surface area contributed by atoms with Crippen LogP contribution < -0.4 is 0 Å². The molecule has 1 saturated carbocycles. The molecule has 3 fully saturated rings. The van der Waals surface area contributed by atoms with Crippen LogP contribution in [-0.2, 0) is 4.79 Å². The topological polar surface area (TPSA) is 23.6 Å². The van der Waals surface area contributed by atoms with Gasteiger partial charge in [0.1, 0.15) is 0 Å². The number of carbonyl (C=O) groups is 1. The van der Waals surface area contributed by atoms with E-state index < -0.39 is 0 Å². The molecule has 0 N–H and O–H groups in total. The summed E-state index contributed by atoms with van der Waals surface area (Å²) in [5.74, 6) is 2.48. The van der Waals surface area contributed by atoms with Crippen molar-refractivity contribution in [3.63, 3.8) is 0 Å². The van der Waals surface area contributed by atoms with Gasteiger partial charge in [0, 0.05) is 42.5 Å². The Balaban J connectivity index is 1.27. The number of halogens is 1. The molecule has 3 aliphatic rings. The van der Waals surface area contributed by atoms with E-state index >= 15 is 0 Å². The second kappa shape index (κ2) is 6.92. The van der Waals surface area contributed by atoms with Crippen molar-refractivity contribution in [1.82, 2.24) is 9.80 Å². The maximum absolute atomic E-state index is 12.9. The number of amides is 1. The van der Waals surface area contributed by atoms with E-state index in [-0.39, 0.29) is 5.92 Å². The van der Waals surface area contributed by atoms with Gasteiger partial charge in [0.15, 0.2) is 0 Å². The van der Waals surface area contributed by atoms with E-state index in [4.69, 9.17) is 11.6 Å². The van der Waals surface area contributed by atoms with Crippen LogP contribution in [0.3, 0.4) is 0 Å². The molecule has 1 aromatic rings. The quantitative estimate of drug-likeness (QED) is 0.791. The Morgan fingerprint density at radius 3 is 2.68 bits per heavy atom. The number of benzene rings is 1. The van der Waals surface area contributed by atoms with Crippen molar-refractivity contribution in [2.75, 3.05) is 26.2 Å². The van der Waals surface area contributed by atoms with Gasteiger partial charge in [-0.3, -0.25) is 9.69 Å². The van der Waals surface area contributed by atoms with Gasteiger partial charge in [0.05, 0.1) is 0 Å². The van der Waals surface area contributed by atoms with Crippen LogP contribution in [-0.4, -0.2) is 47.9 Å². The molecule has 3 nitrogen and oxygen atoms in total. The zero-order valence-electron chi connectivity index (χ0n) is 15.3. The van der Waals surface area contributed by atoms with Crippen molar-refractivity contribution in [3.05, 3.63) is 34.9 Å². The van der Waals surface area contributed by atoms with E-state index in [2.05, 4.69) is 35.8 Å². The van der Waals surface area contributed by atoms with Crippen molar-refractivity contribution in [2.24, 2.45) is 17.8 Å². The predicted molar refractivity (Wildman–Crippen MR) is 102 cm³/mol. The molecule has 1 aliphatic carbocycles. The van der Waals surface area contributed by atoms with E-state index in [1.165, 1.54) is 25.1 Å². The third-order valence-electron chi connectivity index (χ3n) is 6.34. The fourth-order valence-electron chi connectivity index (χ4n) is 4.64. The highest BCUT2D eigenvalue weighted by Gasteiger charge is 2.49. The lowest BCUT2D eigenvalue weighted by Crippen LogP contribution is -2.64. The molecule has 0 radical (unpaired) electrons. The minimum absolute atomic E-state index is 0.204. The maximum atomic E-state index is 12.9. The molecule has 2 saturated heterocycles. The second-order valence-corrected chi connectivity index (χ2v) is 9.01. The molecule has 0 bridgehead atoms. The fraction of sp³-hybridized carbons (Fsp3) is 0.667. The summed E-state index contributed by atoms with van der Waals surface area (Å²) in [7, 11) is 0. The normalized spacial score (nSPS) is 31.6. The molecule has 0 spiro atoms. The third-order valence-corrected chi connectivity index (χ3v) is 6.59. The Kier molecular flexibility index (Phi) is 4.81. The number of hydrogen-bond donors (Lipinski definition) is 0. The molecule has 0 aromatic heterocycles. The number of fused-ring (bicyclic) bond motifs is 1. The first kappa shape index (κ1) is 17.4. The van der Waals surface area contributed by atoms with Gasteiger partial charge in [-0.25, -0.2) is 0 Å². The van der Waals surface area contributed by atoms with Gasteiger partial charge < -0.3 is 4.90 Å². The van der Waals surface area contributed by atoms with Crippen LogP contribution in [0.15, 0.2) is 24.3 Å². The van der Waals surface area contributed by atoms with Crippen molar-refractivity contribution >= 4 is 17.5 Å². The van der Waals surface area contributed by atoms with Crippen LogP contribution in [0.4, 0.5) is 0 Å². The fourth-order valence-corrected chi connectivity index (χ4v) is 4.77. The van der Waals surface area contributed by atoms with E-state index in [1.807, 2.05) is 12.1 Å². The van der Waals surface area contributed by atoms with Gasteiger partial charge in [-0.2, -0.15) is 0 Å². The summed E-state index contributed by atoms with van der Waals surface area (Å²) in [6, 6.07) is 8.75. The molecule has 25 heavy (non-hydrogen) atoms. The second-order valence-electron chi connectivity index (χ2n) is 8.58. The van der Waals surface area contributed by atoms with Gasteiger partial charge in [-0.1, -0.05) is 37.6 Å². The van der Waals surface area contributed by atoms with Crippen molar-refractivity contribution < 1.29 is 4.79 Å². The Labute approximate surface area is 156 Å². The van der Waals surface area contributed by atoms with E-state index in [0.717, 1.165) is 42.9 Å². The highest BCUT2D eigenvalue weighted by Crippen LogP contribution is 2.49. The largest absolute Gasteiger partial charge is 0.342 e. The lowest BCUT2D eigenvalue weighted by Gasteiger charge is -2.53. The zero-order valence-corrected chi connectivity index (χ0v) is 16.1. The minimum atomic E-state index is 0.204. The summed E-state index contributed by atoms with van der Waals surface area (Å²) in [6.45, 7) is 8.94. The summed E-state index contributed by atoms with van der Waals surface area (Å²) < 4.78 is 0. The number of carbonyl (C=O) groups excluding carboxylic acids is 1. The first-order chi connectivity index (χ1) is 12.0. The van der Waals surface area contributed by atoms with Crippen molar-refractivity contribution in [1.29, 1.82) is 0 Å². The molecular formula is C21H29ClN2O. The summed E-state index contributed by atoms with van der Waals surface area (Å²) in [6.07, 6.45) is 3.45. The molecule has 2 heterocycles. The SMILES string of the molecule is CC(C)CCN1C[C@@H]2CN(C(=O)[C@@H]3C[C@H]3c3ccc(Cl)cc3)CC[C@@H]21. The smallest absolute Gasteiger partial charge is 0.226 e. The average molecular weight is 361 g/mol. The molecule has 4 atom stereocenters. The summed E-state index contributed by atoms with van der Waals surface area (Å²) in [5.41, 5.74) is 1.26. The van der Waals surface area contributed by atoms with Crippen LogP contribution in [0.5, 0.6) is 0 Å². The minimum Gasteiger partial charge on any atom is -0.342 e. The standard InChI is InChI=1S/C21H29ClN2O/c1-14(2)7-9-23-12-16-13-24(10-8-20(16)23)21(25)19-11-18(19)15-3-5-17(22)6-4-15/h3-6,14,16,18-20H,7-13H2,1-2H3/t16-,18+,19-,20+/m1/s1. The van der Waals surface area contributed by atoms with Gasteiger partial charge in [0.2, 0.25) is 5.91 Å². The zero-order chi connectivity index (χ0) is 17.6. The first-order valence-corrected chi connectivity index (χ1v) is 10.2. The van der Waals surface area contributed by atoms with Gasteiger partial charge in [-0.15, -0.1) is 0 Å². The van der Waals surface area contributed by atoms with Crippen LogP contribution in [0.2, 0.25) is 5.02 Å². The van der Waals surface area contributed by atoms with E-state index in [9.17, 15) is 4.79 Å². The third kappa shape index (κ3) is 3.59. The Morgan fingerprint density at radius 2 is 2.00 bits per heavy atom. The molecule has 0 unspecified atom stereocenters. The number of nitrogens with zero attached hydrogens (tertiary/aromatic N) is 2. The lowest BCUT2D eigenvalue weighted by molar-refractivity contribution is -0.139. The van der Waals surface area contributed by atoms with Gasteiger partial charge in [0.25, 0.3) is 0 Å². The molecule has 2 aliphatic heterocycles. The molecule has 4 heteroatoms. The first-order valence-electron chi connectivity index (χ1n) is 9.81. The Hall–Kier alpha value is -1.06. The van der Waals surface area contributed by atoms with E-state index in [0.29, 0.717) is 17.7 Å². The molecule has 4 rings (SSSR count). The average Bonchev–Trinajstić information content (AvgIpc) is 3.36. The summed E-state index contributed by atoms with van der Waals surface area (Å²) in [4.78, 5) is 17.7. The predicted octanol–water partition coefficient (Wildman–Crippen LogP) is 4.02. The number of rotatable bonds is 5. The monoisotopic (exact) mass is 360 g/mol. The number of likely N-dealkylation sites (tertiary alicyclic amines) is 2. The van der Waals surface area contributed by atoms with Crippen molar-refractivity contribution in [3.8, 4) is 0 Å². The molecular weight excluding hydrogens is 332 g/mol. The van der Waals surface area contributed by atoms with Gasteiger partial charge in [-0.05, 0) is 55.3 Å². The molecule has 136 valence electrons. The number of hydrogen-bond acceptors (Lipinski definition) is 2. The van der Waals surface area contributed by atoms with Crippen LogP contribution in [0.1, 0.15) is 44.6 Å². The van der Waals surface area contributed by atoms with Crippen LogP contribution in [0.25, 0.3) is 0 Å². The van der Waals surface area contributed by atoms with Crippen LogP contribution >= 0.6 is 11.6 Å².